The maximum absolute atomic E-state index is 9.49. The molecule has 0 spiro atoms. The molecule has 0 aliphatic heterocycles. The zero-order valence-corrected chi connectivity index (χ0v) is 11.7. The predicted molar refractivity (Wildman–Crippen MR) is 51.1 cm³/mol. The largest absolute Gasteiger partial charge is 1.00 e. The second-order valence-corrected chi connectivity index (χ2v) is 2.30. The Kier molecular flexibility index (Phi) is 26.0. The molecule has 16 heavy (non-hydrogen) atoms. The van der Waals surface area contributed by atoms with Crippen LogP contribution in [-0.4, -0.2) is 30.4 Å². The Balaban J connectivity index is -0.0000000668. The van der Waals surface area contributed by atoms with Gasteiger partial charge in [-0.1, -0.05) is 13.2 Å². The summed E-state index contributed by atoms with van der Waals surface area (Å²) in [5.41, 5.74) is 0.0648. The molecular weight excluding hydrogens is 251 g/mol. The second kappa shape index (κ2) is 16.9. The summed E-state index contributed by atoms with van der Waals surface area (Å²) in [5.74, 6) is -2.17. The summed E-state index contributed by atoms with van der Waals surface area (Å²) < 4.78 is 22.8. The monoisotopic (exact) mass is 262 g/mol. The van der Waals surface area contributed by atoms with Crippen molar-refractivity contribution in [2.45, 2.75) is 6.92 Å². The van der Waals surface area contributed by atoms with Crippen LogP contribution in [0.5, 0.6) is 0 Å². The van der Waals surface area contributed by atoms with Crippen molar-refractivity contribution >= 4 is 23.3 Å². The average Bonchev–Trinajstić information content (AvgIpc) is 2.04. The van der Waals surface area contributed by atoms with Gasteiger partial charge in [-0.25, -0.2) is 4.79 Å². The van der Waals surface area contributed by atoms with E-state index in [0.29, 0.717) is 0 Å². The minimum Gasteiger partial charge on any atom is -0.545 e. The van der Waals surface area contributed by atoms with E-state index in [1.807, 2.05) is 0 Å². The summed E-state index contributed by atoms with van der Waals surface area (Å²) >= 11 is -2.61. The minimum absolute atomic E-state index is 0. The molecule has 0 saturated carbocycles. The van der Waals surface area contributed by atoms with E-state index in [4.69, 9.17) is 18.4 Å². The van der Waals surface area contributed by atoms with E-state index in [1.54, 1.807) is 0 Å². The molecule has 88 valence electrons. The standard InChI is InChI=1S/C4H6O2.C3H4O2.Na.H2O3S/c1-3(2)4(5)6;1-2-3(4)5;;1-4(2)3/h1H2,2H3,(H,5,6);2H,1H2,(H,4,5);;(H2,1,2,3)/q;;+1;/p-1. The molecule has 0 amide bonds. The van der Waals surface area contributed by atoms with E-state index >= 15 is 0 Å². The molecule has 0 saturated heterocycles. The van der Waals surface area contributed by atoms with E-state index in [1.165, 1.54) is 6.92 Å². The van der Waals surface area contributed by atoms with Gasteiger partial charge in [-0.2, -0.15) is 4.21 Å². The fourth-order valence-corrected chi connectivity index (χ4v) is 0. The molecule has 0 atom stereocenters. The first-order chi connectivity index (χ1) is 6.64. The van der Waals surface area contributed by atoms with Crippen molar-refractivity contribution in [2.24, 2.45) is 0 Å². The molecular formula is C7H11NaO7S. The molecule has 0 fully saturated rings. The van der Waals surface area contributed by atoms with Crippen molar-refractivity contribution in [3.05, 3.63) is 24.8 Å². The number of carboxylic acid groups (broad SMARTS) is 2. The van der Waals surface area contributed by atoms with Gasteiger partial charge in [0.15, 0.2) is 0 Å². The summed E-state index contributed by atoms with van der Waals surface area (Å²) in [6.07, 6.45) is 0.833. The molecule has 0 heterocycles. The van der Waals surface area contributed by atoms with Crippen LogP contribution in [0.15, 0.2) is 24.8 Å². The van der Waals surface area contributed by atoms with Crippen LogP contribution < -0.4 is 34.7 Å². The van der Waals surface area contributed by atoms with Crippen LogP contribution in [0.4, 0.5) is 0 Å². The zero-order chi connectivity index (χ0) is 13.0. The molecule has 0 unspecified atom stereocenters. The first-order valence-electron chi connectivity index (χ1n) is 3.17. The fraction of sp³-hybridized carbons (Fsp3) is 0.143. The molecule has 0 bridgehead atoms. The Morgan fingerprint density at radius 1 is 1.38 bits per heavy atom. The number of hydrogen-bond acceptors (Lipinski definition) is 4. The van der Waals surface area contributed by atoms with Crippen molar-refractivity contribution in [1.29, 1.82) is 0 Å². The Bertz CT molecular complexity index is 247. The minimum atomic E-state index is -2.61. The summed E-state index contributed by atoms with van der Waals surface area (Å²) in [6, 6.07) is 0. The molecule has 0 aliphatic rings. The van der Waals surface area contributed by atoms with Crippen molar-refractivity contribution < 1.29 is 62.7 Å². The van der Waals surface area contributed by atoms with Crippen LogP contribution in [-0.2, 0) is 21.0 Å². The van der Waals surface area contributed by atoms with Crippen LogP contribution in [0.3, 0.4) is 0 Å². The van der Waals surface area contributed by atoms with Crippen LogP contribution in [0, 0.1) is 0 Å². The Labute approximate surface area is 117 Å². The van der Waals surface area contributed by atoms with Gasteiger partial charge in [-0.05, 0) is 12.5 Å². The van der Waals surface area contributed by atoms with Crippen molar-refractivity contribution in [2.75, 3.05) is 0 Å². The third-order valence-electron chi connectivity index (χ3n) is 0.523. The van der Waals surface area contributed by atoms with E-state index in [-0.39, 0.29) is 35.1 Å². The Morgan fingerprint density at radius 2 is 1.50 bits per heavy atom. The predicted octanol–water partition coefficient (Wildman–Crippen LogP) is -3.75. The van der Waals surface area contributed by atoms with Crippen LogP contribution in [0.25, 0.3) is 0 Å². The van der Waals surface area contributed by atoms with Crippen molar-refractivity contribution in [1.82, 2.24) is 0 Å². The zero-order valence-electron chi connectivity index (χ0n) is 8.87. The van der Waals surface area contributed by atoms with Gasteiger partial charge in [0.05, 0.1) is 5.97 Å². The Morgan fingerprint density at radius 3 is 1.50 bits per heavy atom. The molecule has 0 aromatic rings. The number of carbonyl (C=O) groups is 2. The number of carbonyl (C=O) groups excluding carboxylic acids is 1. The molecule has 0 aromatic heterocycles. The molecule has 0 aromatic carbocycles. The van der Waals surface area contributed by atoms with Crippen LogP contribution in [0.1, 0.15) is 6.92 Å². The van der Waals surface area contributed by atoms with Gasteiger partial charge in [0.1, 0.15) is 0 Å². The van der Waals surface area contributed by atoms with Gasteiger partial charge in [0, 0.05) is 6.08 Å². The maximum Gasteiger partial charge on any atom is 1.00 e. The van der Waals surface area contributed by atoms with Gasteiger partial charge >= 0.3 is 35.5 Å². The Hall–Kier alpha value is -0.510. The second-order valence-electron chi connectivity index (χ2n) is 1.84. The number of aliphatic carboxylic acids is 2. The van der Waals surface area contributed by atoms with Gasteiger partial charge in [-0.3, -0.25) is 9.11 Å². The quantitative estimate of drug-likeness (QED) is 0.264. The van der Waals surface area contributed by atoms with Gasteiger partial charge in [-0.15, -0.1) is 0 Å². The van der Waals surface area contributed by atoms with E-state index in [2.05, 4.69) is 13.2 Å². The molecule has 0 rings (SSSR count). The molecule has 9 heteroatoms. The fourth-order valence-electron chi connectivity index (χ4n) is 0. The first-order valence-corrected chi connectivity index (χ1v) is 4.23. The molecule has 3 N–H and O–H groups in total. The van der Waals surface area contributed by atoms with Crippen molar-refractivity contribution in [3.8, 4) is 0 Å². The van der Waals surface area contributed by atoms with Crippen molar-refractivity contribution in [3.63, 3.8) is 0 Å². The molecule has 0 aliphatic carbocycles. The average molecular weight is 262 g/mol. The van der Waals surface area contributed by atoms with Gasteiger partial charge in [0.25, 0.3) is 11.4 Å². The number of hydrogen-bond donors (Lipinski definition) is 3. The smallest absolute Gasteiger partial charge is 0.545 e. The van der Waals surface area contributed by atoms with Gasteiger partial charge in [0.2, 0.25) is 0 Å². The number of carboxylic acids is 2. The number of rotatable bonds is 2. The first kappa shape index (κ1) is 24.6. The summed E-state index contributed by atoms with van der Waals surface area (Å²) in [5, 5.41) is 17.1. The summed E-state index contributed by atoms with van der Waals surface area (Å²) in [4.78, 5) is 18.7. The summed E-state index contributed by atoms with van der Waals surface area (Å²) in [7, 11) is 0. The van der Waals surface area contributed by atoms with E-state index in [0.717, 1.165) is 6.08 Å². The maximum atomic E-state index is 9.49. The molecule has 7 nitrogen and oxygen atoms in total. The van der Waals surface area contributed by atoms with Crippen LogP contribution >= 0.6 is 0 Å². The van der Waals surface area contributed by atoms with Gasteiger partial charge < -0.3 is 15.0 Å². The van der Waals surface area contributed by atoms with E-state index in [9.17, 15) is 14.7 Å². The van der Waals surface area contributed by atoms with Crippen LogP contribution in [0.2, 0.25) is 0 Å². The summed E-state index contributed by atoms with van der Waals surface area (Å²) in [6.45, 7) is 7.44. The molecule has 0 radical (unpaired) electrons. The normalized spacial score (nSPS) is 7.00. The van der Waals surface area contributed by atoms with E-state index < -0.39 is 23.3 Å². The third kappa shape index (κ3) is 69.8. The SMILES string of the molecule is C=C(C)C(=O)[O-].C=CC(=O)O.O=S(O)O.[Na+]. The third-order valence-corrected chi connectivity index (χ3v) is 0.523. The topological polar surface area (TPSA) is 135 Å².